The molecule has 0 aromatic carbocycles. The lowest BCUT2D eigenvalue weighted by Gasteiger charge is -2.30. The zero-order chi connectivity index (χ0) is 22.7. The van der Waals surface area contributed by atoms with Crippen molar-refractivity contribution in [2.75, 3.05) is 5.32 Å². The summed E-state index contributed by atoms with van der Waals surface area (Å²) in [6, 6.07) is 5.46. The monoisotopic (exact) mass is 445 g/mol. The molecular formula is C25H27N5O3. The highest BCUT2D eigenvalue weighted by Gasteiger charge is 2.34. The van der Waals surface area contributed by atoms with Crippen LogP contribution in [0.4, 0.5) is 11.6 Å². The fraction of sp³-hybridized carbons (Fsp3) is 0.440. The summed E-state index contributed by atoms with van der Waals surface area (Å²) in [4.78, 5) is 26.1. The Morgan fingerprint density at radius 2 is 1.94 bits per heavy atom. The average molecular weight is 446 g/mol. The molecule has 4 heterocycles. The summed E-state index contributed by atoms with van der Waals surface area (Å²) in [6.07, 6.45) is 8.89. The number of aromatic nitrogens is 3. The molecular weight excluding hydrogens is 418 g/mol. The number of pyridine rings is 3. The predicted octanol–water partition coefficient (Wildman–Crippen LogP) is 4.21. The van der Waals surface area contributed by atoms with Gasteiger partial charge >= 0.3 is 5.97 Å². The third kappa shape index (κ3) is 3.99. The van der Waals surface area contributed by atoms with Crippen LogP contribution >= 0.6 is 0 Å². The van der Waals surface area contributed by atoms with Crippen molar-refractivity contribution in [1.82, 2.24) is 15.0 Å². The summed E-state index contributed by atoms with van der Waals surface area (Å²) in [5.41, 5.74) is 8.25. The molecule has 0 saturated heterocycles. The number of anilines is 2. The minimum atomic E-state index is -0.574. The Morgan fingerprint density at radius 3 is 2.70 bits per heavy atom. The average Bonchev–Trinajstić information content (AvgIpc) is 3.67. The molecule has 0 radical (unpaired) electrons. The van der Waals surface area contributed by atoms with Crippen molar-refractivity contribution in [1.29, 1.82) is 0 Å². The molecule has 2 aliphatic carbocycles. The van der Waals surface area contributed by atoms with E-state index in [4.69, 9.17) is 15.2 Å². The fourth-order valence-corrected chi connectivity index (χ4v) is 4.38. The van der Waals surface area contributed by atoms with Crippen molar-refractivity contribution in [3.8, 4) is 5.88 Å². The second-order valence-electron chi connectivity index (χ2n) is 9.96. The first kappa shape index (κ1) is 20.4. The minimum Gasteiger partial charge on any atom is -0.474 e. The van der Waals surface area contributed by atoms with E-state index < -0.39 is 5.60 Å². The Balaban J connectivity index is 1.36. The predicted molar refractivity (Wildman–Crippen MR) is 124 cm³/mol. The van der Waals surface area contributed by atoms with Gasteiger partial charge in [-0.25, -0.2) is 19.7 Å². The van der Waals surface area contributed by atoms with Crippen LogP contribution in [-0.4, -0.2) is 32.6 Å². The second kappa shape index (κ2) is 7.38. The van der Waals surface area contributed by atoms with E-state index in [0.29, 0.717) is 35.4 Å². The number of cyclic esters (lactones) is 1. The highest BCUT2D eigenvalue weighted by atomic mass is 16.6. The van der Waals surface area contributed by atoms with Gasteiger partial charge in [-0.15, -0.1) is 0 Å². The molecule has 1 atom stereocenters. The van der Waals surface area contributed by atoms with Crippen molar-refractivity contribution in [2.45, 2.75) is 63.7 Å². The normalized spacial score (nSPS) is 20.2. The van der Waals surface area contributed by atoms with E-state index >= 15 is 0 Å². The number of rotatable bonds is 6. The van der Waals surface area contributed by atoms with Gasteiger partial charge in [0, 0.05) is 24.9 Å². The van der Waals surface area contributed by atoms with Gasteiger partial charge in [0.1, 0.15) is 23.3 Å². The molecule has 0 spiro atoms. The third-order valence-electron chi connectivity index (χ3n) is 6.47. The lowest BCUT2D eigenvalue weighted by Crippen LogP contribution is -2.36. The first-order chi connectivity index (χ1) is 15.9. The summed E-state index contributed by atoms with van der Waals surface area (Å²) in [5.74, 6) is 2.06. The van der Waals surface area contributed by atoms with Crippen LogP contribution in [0.1, 0.15) is 67.2 Å². The molecule has 1 unspecified atom stereocenters. The van der Waals surface area contributed by atoms with Crippen molar-refractivity contribution in [3.63, 3.8) is 0 Å². The lowest BCUT2D eigenvalue weighted by molar-refractivity contribution is -0.00714. The molecule has 0 bridgehead atoms. The topological polar surface area (TPSA) is 112 Å². The van der Waals surface area contributed by atoms with Crippen molar-refractivity contribution in [2.24, 2.45) is 11.7 Å². The number of ether oxygens (including phenoxy) is 2. The molecule has 0 amide bonds. The van der Waals surface area contributed by atoms with Crippen LogP contribution in [0.5, 0.6) is 5.88 Å². The molecule has 8 nitrogen and oxygen atoms in total. The van der Waals surface area contributed by atoms with E-state index in [2.05, 4.69) is 20.3 Å². The van der Waals surface area contributed by atoms with Crippen LogP contribution in [0.25, 0.3) is 10.8 Å². The van der Waals surface area contributed by atoms with Crippen molar-refractivity contribution >= 4 is 28.4 Å². The number of fused-ring (bicyclic) bond motifs is 2. The quantitative estimate of drug-likeness (QED) is 0.543. The maximum absolute atomic E-state index is 12.3. The van der Waals surface area contributed by atoms with Crippen LogP contribution in [-0.2, 0) is 11.2 Å². The Hall–Kier alpha value is -3.26. The van der Waals surface area contributed by atoms with E-state index in [-0.39, 0.29) is 18.1 Å². The summed E-state index contributed by atoms with van der Waals surface area (Å²) in [7, 11) is 0. The summed E-state index contributed by atoms with van der Waals surface area (Å²) in [5, 5.41) is 5.17. The number of nitrogens with one attached hydrogen (secondary N) is 1. The number of nitrogens with zero attached hydrogens (tertiary/aromatic N) is 3. The third-order valence-corrected chi connectivity index (χ3v) is 6.47. The Bertz CT molecular complexity index is 1270. The maximum atomic E-state index is 12.3. The molecule has 170 valence electrons. The van der Waals surface area contributed by atoms with Gasteiger partial charge < -0.3 is 20.5 Å². The number of nitrogens with two attached hydrogens (primary N) is 1. The first-order valence-corrected chi connectivity index (χ1v) is 11.6. The molecule has 3 aliphatic rings. The van der Waals surface area contributed by atoms with Gasteiger partial charge in [0.2, 0.25) is 5.88 Å². The van der Waals surface area contributed by atoms with E-state index in [9.17, 15) is 4.79 Å². The van der Waals surface area contributed by atoms with Gasteiger partial charge in [-0.05, 0) is 74.6 Å². The highest BCUT2D eigenvalue weighted by molar-refractivity contribution is 5.93. The summed E-state index contributed by atoms with van der Waals surface area (Å²) >= 11 is 0. The molecule has 8 heteroatoms. The van der Waals surface area contributed by atoms with Gasteiger partial charge in [-0.1, -0.05) is 0 Å². The van der Waals surface area contributed by atoms with Crippen molar-refractivity contribution in [3.05, 3.63) is 47.4 Å². The van der Waals surface area contributed by atoms with E-state index in [1.165, 1.54) is 0 Å². The van der Waals surface area contributed by atoms with Crippen LogP contribution in [0.2, 0.25) is 0 Å². The zero-order valence-electron chi connectivity index (χ0n) is 18.8. The van der Waals surface area contributed by atoms with E-state index in [0.717, 1.165) is 47.7 Å². The number of hydrogen-bond donors (Lipinski definition) is 2. The van der Waals surface area contributed by atoms with Gasteiger partial charge in [0.05, 0.1) is 16.6 Å². The SMILES string of the molecule is CC1(C)Cc2nc(Nc3cc4c(C(N)C5CC5)cnc(OC5CC5)c4cn3)ccc2C(=O)O1. The van der Waals surface area contributed by atoms with Crippen LogP contribution in [0.15, 0.2) is 30.6 Å². The Morgan fingerprint density at radius 1 is 1.12 bits per heavy atom. The van der Waals surface area contributed by atoms with Crippen LogP contribution < -0.4 is 15.8 Å². The largest absolute Gasteiger partial charge is 0.474 e. The Kier molecular flexibility index (Phi) is 4.55. The molecule has 33 heavy (non-hydrogen) atoms. The minimum absolute atomic E-state index is 0.0552. The number of carbonyl (C=O) groups excluding carboxylic acids is 1. The summed E-state index contributed by atoms with van der Waals surface area (Å²) in [6.45, 7) is 3.78. The fourth-order valence-electron chi connectivity index (χ4n) is 4.38. The zero-order valence-corrected chi connectivity index (χ0v) is 18.8. The maximum Gasteiger partial charge on any atom is 0.340 e. The van der Waals surface area contributed by atoms with E-state index in [1.54, 1.807) is 18.3 Å². The number of esters is 1. The van der Waals surface area contributed by atoms with E-state index in [1.807, 2.05) is 26.1 Å². The standard InChI is InChI=1S/C25H27N5O3/c1-25(2)10-19-15(24(31)33-25)7-8-20(29-19)30-21-9-16-17(22(26)13-3-4-13)11-28-23(18(16)12-27-21)32-14-5-6-14/h7-9,11-14,22H,3-6,10,26H2,1-2H3,(H,27,29,30). The molecule has 2 fully saturated rings. The van der Waals surface area contributed by atoms with Gasteiger partial charge in [-0.2, -0.15) is 0 Å². The van der Waals surface area contributed by atoms with Crippen molar-refractivity contribution < 1.29 is 14.3 Å². The number of hydrogen-bond acceptors (Lipinski definition) is 8. The molecule has 1 aliphatic heterocycles. The van der Waals surface area contributed by atoms with Crippen LogP contribution in [0, 0.1) is 5.92 Å². The Labute approximate surface area is 191 Å². The first-order valence-electron chi connectivity index (χ1n) is 11.6. The molecule has 3 aromatic rings. The smallest absolute Gasteiger partial charge is 0.340 e. The second-order valence-corrected chi connectivity index (χ2v) is 9.96. The van der Waals surface area contributed by atoms with Crippen LogP contribution in [0.3, 0.4) is 0 Å². The lowest BCUT2D eigenvalue weighted by atomic mass is 9.95. The van der Waals surface area contributed by atoms with Gasteiger partial charge in [0.25, 0.3) is 0 Å². The van der Waals surface area contributed by atoms with Gasteiger partial charge in [0.15, 0.2) is 0 Å². The molecule has 3 N–H and O–H groups in total. The van der Waals surface area contributed by atoms with Gasteiger partial charge in [-0.3, -0.25) is 0 Å². The molecule has 6 rings (SSSR count). The molecule has 3 aromatic heterocycles. The molecule has 2 saturated carbocycles. The summed E-state index contributed by atoms with van der Waals surface area (Å²) < 4.78 is 11.5. The number of carbonyl (C=O) groups is 1. The highest BCUT2D eigenvalue weighted by Crippen LogP contribution is 2.43.